The van der Waals surface area contributed by atoms with Gasteiger partial charge in [-0.05, 0) is 55.2 Å². The fourth-order valence-electron chi connectivity index (χ4n) is 4.44. The van der Waals surface area contributed by atoms with E-state index in [0.717, 1.165) is 16.7 Å². The number of hydrogen-bond acceptors (Lipinski definition) is 3. The third-order valence-corrected chi connectivity index (χ3v) is 6.51. The first-order chi connectivity index (χ1) is 16.3. The lowest BCUT2D eigenvalue weighted by Gasteiger charge is -2.33. The van der Waals surface area contributed by atoms with Crippen LogP contribution in [0.5, 0.6) is 0 Å². The Hall–Kier alpha value is -3.73. The van der Waals surface area contributed by atoms with Crippen molar-refractivity contribution in [3.8, 4) is 0 Å². The molecule has 2 unspecified atom stereocenters. The van der Waals surface area contributed by atoms with E-state index in [1.54, 1.807) is 29.2 Å². The van der Waals surface area contributed by atoms with E-state index in [4.69, 9.17) is 0 Å². The lowest BCUT2D eigenvalue weighted by molar-refractivity contribution is -0.122. The number of nitrogens with zero attached hydrogens (tertiary/aromatic N) is 2. The third-order valence-electron chi connectivity index (χ3n) is 6.51. The van der Waals surface area contributed by atoms with Gasteiger partial charge in [-0.15, -0.1) is 0 Å². The molecule has 3 aromatic rings. The molecule has 174 valence electrons. The maximum absolute atomic E-state index is 13.7. The minimum Gasteiger partial charge on any atom is -0.319 e. The van der Waals surface area contributed by atoms with Crippen molar-refractivity contribution in [3.63, 3.8) is 0 Å². The first kappa shape index (κ1) is 23.4. The number of anilines is 1. The van der Waals surface area contributed by atoms with Gasteiger partial charge in [-0.1, -0.05) is 74.0 Å². The Bertz CT molecular complexity index is 1180. The fraction of sp³-hybridized carbons (Fsp3) is 0.276. The van der Waals surface area contributed by atoms with Gasteiger partial charge >= 0.3 is 0 Å². The van der Waals surface area contributed by atoms with Gasteiger partial charge in [0.2, 0.25) is 5.91 Å². The fourth-order valence-corrected chi connectivity index (χ4v) is 4.44. The Balaban J connectivity index is 1.70. The summed E-state index contributed by atoms with van der Waals surface area (Å²) in [5.74, 6) is -0.583. The molecule has 3 aromatic carbocycles. The molecular formula is C29H30N2O3. The van der Waals surface area contributed by atoms with Crippen molar-refractivity contribution in [2.45, 2.75) is 52.1 Å². The predicted octanol–water partition coefficient (Wildman–Crippen LogP) is 5.65. The van der Waals surface area contributed by atoms with E-state index in [1.165, 1.54) is 4.90 Å². The molecule has 5 nitrogen and oxygen atoms in total. The zero-order chi connectivity index (χ0) is 24.4. The molecule has 3 amide bonds. The van der Waals surface area contributed by atoms with Gasteiger partial charge in [-0.2, -0.15) is 0 Å². The van der Waals surface area contributed by atoms with E-state index >= 15 is 0 Å². The lowest BCUT2D eigenvalue weighted by atomic mass is 10.0. The number of carbonyl (C=O) groups is 3. The molecule has 1 fully saturated rings. The van der Waals surface area contributed by atoms with Crippen molar-refractivity contribution in [2.24, 2.45) is 0 Å². The molecule has 1 aliphatic heterocycles. The maximum atomic E-state index is 13.7. The van der Waals surface area contributed by atoms with Crippen LogP contribution in [0, 0.1) is 6.92 Å². The van der Waals surface area contributed by atoms with Gasteiger partial charge in [-0.25, -0.2) is 4.90 Å². The smallest absolute Gasteiger partial charge is 0.257 e. The maximum Gasteiger partial charge on any atom is 0.257 e. The highest BCUT2D eigenvalue weighted by Crippen LogP contribution is 2.33. The summed E-state index contributed by atoms with van der Waals surface area (Å²) in [4.78, 5) is 43.2. The van der Waals surface area contributed by atoms with E-state index in [2.05, 4.69) is 13.8 Å². The number of imide groups is 1. The summed E-state index contributed by atoms with van der Waals surface area (Å²) in [6, 6.07) is 23.1. The number of aryl methyl sites for hydroxylation is 1. The van der Waals surface area contributed by atoms with Gasteiger partial charge in [0.05, 0.1) is 18.2 Å². The van der Waals surface area contributed by atoms with Gasteiger partial charge in [0.25, 0.3) is 11.8 Å². The van der Waals surface area contributed by atoms with Crippen LogP contribution in [-0.4, -0.2) is 28.7 Å². The van der Waals surface area contributed by atoms with Crippen LogP contribution in [-0.2, 0) is 9.59 Å². The highest BCUT2D eigenvalue weighted by Gasteiger charge is 2.46. The van der Waals surface area contributed by atoms with Gasteiger partial charge in [0, 0.05) is 5.56 Å². The minimum absolute atomic E-state index is 0.0421. The summed E-state index contributed by atoms with van der Waals surface area (Å²) in [6.45, 7) is 8.05. The Morgan fingerprint density at radius 3 is 2.06 bits per heavy atom. The van der Waals surface area contributed by atoms with E-state index < -0.39 is 6.04 Å². The summed E-state index contributed by atoms with van der Waals surface area (Å²) in [6.07, 6.45) is -0.0421. The van der Waals surface area contributed by atoms with Crippen molar-refractivity contribution in [1.29, 1.82) is 0 Å². The molecule has 0 spiro atoms. The minimum atomic E-state index is -0.874. The summed E-state index contributed by atoms with van der Waals surface area (Å²) in [5, 5.41) is 0. The quantitative estimate of drug-likeness (QED) is 0.452. The molecule has 5 heteroatoms. The van der Waals surface area contributed by atoms with Crippen molar-refractivity contribution in [3.05, 3.63) is 101 Å². The monoisotopic (exact) mass is 454 g/mol. The van der Waals surface area contributed by atoms with Crippen LogP contribution < -0.4 is 4.90 Å². The second kappa shape index (κ2) is 9.64. The molecule has 0 N–H and O–H groups in total. The van der Waals surface area contributed by atoms with Crippen molar-refractivity contribution >= 4 is 23.4 Å². The molecule has 4 rings (SSSR count). The summed E-state index contributed by atoms with van der Waals surface area (Å²) < 4.78 is 0. The molecule has 0 bridgehead atoms. The normalized spacial score (nSPS) is 16.7. The molecule has 2 atom stereocenters. The molecule has 0 aliphatic carbocycles. The number of rotatable bonds is 6. The largest absolute Gasteiger partial charge is 0.319 e. The zero-order valence-corrected chi connectivity index (χ0v) is 20.1. The number of hydrogen-bond donors (Lipinski definition) is 0. The number of carbonyl (C=O) groups excluding carboxylic acids is 3. The molecular weight excluding hydrogens is 424 g/mol. The molecule has 1 saturated heterocycles. The predicted molar refractivity (Wildman–Crippen MR) is 134 cm³/mol. The zero-order valence-electron chi connectivity index (χ0n) is 20.1. The third kappa shape index (κ3) is 4.51. The van der Waals surface area contributed by atoms with E-state index in [0.29, 0.717) is 17.2 Å². The standard InChI is InChI=1S/C29H30N2O3/c1-19(2)22-14-16-25(17-15-22)31-27(32)18-26(29(31)34)30(21(4)23-8-6-5-7-9-23)28(33)24-12-10-20(3)11-13-24/h5-17,19,21,26H,18H2,1-4H3. The average molecular weight is 455 g/mol. The SMILES string of the molecule is Cc1ccc(C(=O)N(C2CC(=O)N(c3ccc(C(C)C)cc3)C2=O)C(C)c2ccccc2)cc1. The Morgan fingerprint density at radius 1 is 0.853 bits per heavy atom. The van der Waals surface area contributed by atoms with Crippen LogP contribution in [0.4, 0.5) is 5.69 Å². The lowest BCUT2D eigenvalue weighted by Crippen LogP contribution is -2.46. The van der Waals surface area contributed by atoms with Crippen molar-refractivity contribution in [1.82, 2.24) is 4.90 Å². The van der Waals surface area contributed by atoms with Crippen LogP contribution >= 0.6 is 0 Å². The van der Waals surface area contributed by atoms with E-state index in [-0.39, 0.29) is 30.2 Å². The van der Waals surface area contributed by atoms with Crippen LogP contribution in [0.2, 0.25) is 0 Å². The highest BCUT2D eigenvalue weighted by molar-refractivity contribution is 6.23. The second-order valence-corrected chi connectivity index (χ2v) is 9.20. The highest BCUT2D eigenvalue weighted by atomic mass is 16.2. The number of amides is 3. The Morgan fingerprint density at radius 2 is 1.47 bits per heavy atom. The van der Waals surface area contributed by atoms with Gasteiger partial charge in [0.1, 0.15) is 6.04 Å². The van der Waals surface area contributed by atoms with E-state index in [9.17, 15) is 14.4 Å². The number of benzene rings is 3. The Labute approximate surface area is 201 Å². The molecule has 0 saturated carbocycles. The Kier molecular flexibility index (Phi) is 6.64. The van der Waals surface area contributed by atoms with Crippen molar-refractivity contribution < 1.29 is 14.4 Å². The average Bonchev–Trinajstić information content (AvgIpc) is 3.13. The van der Waals surface area contributed by atoms with Gasteiger partial charge in [-0.3, -0.25) is 14.4 Å². The molecule has 1 aliphatic rings. The van der Waals surface area contributed by atoms with Crippen LogP contribution in [0.25, 0.3) is 0 Å². The topological polar surface area (TPSA) is 57.7 Å². The summed E-state index contributed by atoms with van der Waals surface area (Å²) >= 11 is 0. The van der Waals surface area contributed by atoms with Gasteiger partial charge in [0.15, 0.2) is 0 Å². The first-order valence-corrected chi connectivity index (χ1v) is 11.7. The van der Waals surface area contributed by atoms with E-state index in [1.807, 2.05) is 68.4 Å². The van der Waals surface area contributed by atoms with Gasteiger partial charge < -0.3 is 4.90 Å². The molecule has 0 radical (unpaired) electrons. The molecule has 0 aromatic heterocycles. The molecule has 1 heterocycles. The molecule has 34 heavy (non-hydrogen) atoms. The first-order valence-electron chi connectivity index (χ1n) is 11.7. The summed E-state index contributed by atoms with van der Waals surface area (Å²) in [5.41, 5.74) is 4.11. The summed E-state index contributed by atoms with van der Waals surface area (Å²) in [7, 11) is 0. The second-order valence-electron chi connectivity index (χ2n) is 9.20. The van der Waals surface area contributed by atoms with Crippen LogP contribution in [0.3, 0.4) is 0 Å². The van der Waals surface area contributed by atoms with Crippen LogP contribution in [0.1, 0.15) is 66.2 Å². The van der Waals surface area contributed by atoms with Crippen LogP contribution in [0.15, 0.2) is 78.9 Å². The van der Waals surface area contributed by atoms with Crippen molar-refractivity contribution in [2.75, 3.05) is 4.90 Å².